The number of hydrogen-bond donors (Lipinski definition) is 1. The number of carbonyl (C=O) groups is 1. The number of ketones is 1. The van der Waals surface area contributed by atoms with Crippen LogP contribution in [0.5, 0.6) is 5.75 Å². The number of methoxy groups -OCH3 is 1. The van der Waals surface area contributed by atoms with Crippen molar-refractivity contribution in [3.8, 4) is 5.75 Å². The molecule has 0 fully saturated rings. The van der Waals surface area contributed by atoms with Gasteiger partial charge in [-0.15, -0.1) is 0 Å². The smallest absolute Gasteiger partial charge is 0.188 e. The number of rotatable bonds is 6. The summed E-state index contributed by atoms with van der Waals surface area (Å²) in [4.78, 5) is 11.6. The van der Waals surface area contributed by atoms with E-state index in [2.05, 4.69) is 13.8 Å². The van der Waals surface area contributed by atoms with Crippen LogP contribution in [0.2, 0.25) is 0 Å². The molecule has 17 heavy (non-hydrogen) atoms. The lowest BCUT2D eigenvalue weighted by atomic mass is 10.1. The Labute approximate surface area is 102 Å². The lowest BCUT2D eigenvalue weighted by Crippen LogP contribution is -2.09. The Morgan fingerprint density at radius 2 is 2.12 bits per heavy atom. The SMILES string of the molecule is COCC(=O)c1ccc(OCC(C)C)c(N)c1. The first kappa shape index (κ1) is 13.5. The molecule has 0 amide bonds. The van der Waals surface area contributed by atoms with E-state index in [1.807, 2.05) is 0 Å². The van der Waals surface area contributed by atoms with Gasteiger partial charge >= 0.3 is 0 Å². The van der Waals surface area contributed by atoms with Crippen LogP contribution in [0.15, 0.2) is 18.2 Å². The summed E-state index contributed by atoms with van der Waals surface area (Å²) in [6.45, 7) is 4.79. The van der Waals surface area contributed by atoms with Gasteiger partial charge in [0.25, 0.3) is 0 Å². The Kier molecular flexibility index (Phi) is 4.97. The molecule has 0 aliphatic rings. The Morgan fingerprint density at radius 1 is 1.41 bits per heavy atom. The molecule has 0 saturated carbocycles. The van der Waals surface area contributed by atoms with E-state index in [-0.39, 0.29) is 12.4 Å². The number of Topliss-reactive ketones (excluding diaryl/α,β-unsaturated/α-hetero) is 1. The minimum absolute atomic E-state index is 0.0611. The van der Waals surface area contributed by atoms with Crippen LogP contribution < -0.4 is 10.5 Å². The fourth-order valence-corrected chi connectivity index (χ4v) is 1.32. The van der Waals surface area contributed by atoms with E-state index in [0.717, 1.165) is 0 Å². The number of anilines is 1. The van der Waals surface area contributed by atoms with Gasteiger partial charge in [0.05, 0.1) is 12.3 Å². The highest BCUT2D eigenvalue weighted by Crippen LogP contribution is 2.23. The van der Waals surface area contributed by atoms with Gasteiger partial charge in [-0.3, -0.25) is 4.79 Å². The number of nitrogen functional groups attached to an aromatic ring is 1. The lowest BCUT2D eigenvalue weighted by Gasteiger charge is -2.11. The van der Waals surface area contributed by atoms with Crippen LogP contribution in [0.4, 0.5) is 5.69 Å². The number of benzene rings is 1. The van der Waals surface area contributed by atoms with Crippen molar-refractivity contribution in [2.75, 3.05) is 26.1 Å². The third kappa shape index (κ3) is 4.07. The molecule has 94 valence electrons. The Hall–Kier alpha value is -1.55. The van der Waals surface area contributed by atoms with Gasteiger partial charge < -0.3 is 15.2 Å². The van der Waals surface area contributed by atoms with E-state index < -0.39 is 0 Å². The first-order valence-corrected chi connectivity index (χ1v) is 5.59. The summed E-state index contributed by atoms with van der Waals surface area (Å²) < 4.78 is 10.3. The van der Waals surface area contributed by atoms with Crippen molar-refractivity contribution in [3.05, 3.63) is 23.8 Å². The van der Waals surface area contributed by atoms with Crippen molar-refractivity contribution < 1.29 is 14.3 Å². The number of nitrogens with two attached hydrogens (primary N) is 1. The van der Waals surface area contributed by atoms with E-state index in [1.165, 1.54) is 7.11 Å². The molecule has 1 rings (SSSR count). The van der Waals surface area contributed by atoms with Crippen molar-refractivity contribution in [1.82, 2.24) is 0 Å². The predicted octanol–water partition coefficient (Wildman–Crippen LogP) is 2.13. The van der Waals surface area contributed by atoms with E-state index in [4.69, 9.17) is 15.2 Å². The Balaban J connectivity index is 2.75. The van der Waals surface area contributed by atoms with Crippen molar-refractivity contribution in [2.24, 2.45) is 5.92 Å². The van der Waals surface area contributed by atoms with Gasteiger partial charge in [-0.2, -0.15) is 0 Å². The van der Waals surface area contributed by atoms with E-state index in [9.17, 15) is 4.79 Å². The molecule has 0 radical (unpaired) electrons. The summed E-state index contributed by atoms with van der Waals surface area (Å²) in [5, 5.41) is 0. The normalized spacial score (nSPS) is 10.6. The topological polar surface area (TPSA) is 61.5 Å². The average Bonchev–Trinajstić information content (AvgIpc) is 2.27. The molecule has 0 unspecified atom stereocenters. The van der Waals surface area contributed by atoms with Crippen LogP contribution in [-0.4, -0.2) is 26.1 Å². The maximum absolute atomic E-state index is 11.6. The molecule has 4 heteroatoms. The summed E-state index contributed by atoms with van der Waals surface area (Å²) in [7, 11) is 1.49. The molecule has 0 heterocycles. The Bertz CT molecular complexity index is 388. The standard InChI is InChI=1S/C13H19NO3/c1-9(2)7-17-13-5-4-10(6-11(13)14)12(15)8-16-3/h4-6,9H,7-8,14H2,1-3H3. The monoisotopic (exact) mass is 237 g/mol. The average molecular weight is 237 g/mol. The molecule has 0 aliphatic heterocycles. The van der Waals surface area contributed by atoms with Crippen LogP contribution in [-0.2, 0) is 4.74 Å². The first-order chi connectivity index (χ1) is 8.04. The second kappa shape index (κ2) is 6.25. The van der Waals surface area contributed by atoms with Gasteiger partial charge in [0.2, 0.25) is 0 Å². The van der Waals surface area contributed by atoms with Gasteiger partial charge in [-0.25, -0.2) is 0 Å². The minimum Gasteiger partial charge on any atom is -0.491 e. The van der Waals surface area contributed by atoms with Crippen molar-refractivity contribution in [2.45, 2.75) is 13.8 Å². The zero-order valence-corrected chi connectivity index (χ0v) is 10.5. The summed E-state index contributed by atoms with van der Waals surface area (Å²) in [6.07, 6.45) is 0. The van der Waals surface area contributed by atoms with Gasteiger partial charge in [0.1, 0.15) is 12.4 Å². The van der Waals surface area contributed by atoms with E-state index in [0.29, 0.717) is 29.5 Å². The second-order valence-corrected chi connectivity index (χ2v) is 4.31. The van der Waals surface area contributed by atoms with Crippen LogP contribution in [0.1, 0.15) is 24.2 Å². The maximum Gasteiger partial charge on any atom is 0.188 e. The molecular weight excluding hydrogens is 218 g/mol. The van der Waals surface area contributed by atoms with Gasteiger partial charge in [-0.1, -0.05) is 13.8 Å². The number of hydrogen-bond acceptors (Lipinski definition) is 4. The zero-order valence-electron chi connectivity index (χ0n) is 10.5. The number of carbonyl (C=O) groups excluding carboxylic acids is 1. The van der Waals surface area contributed by atoms with E-state index in [1.54, 1.807) is 18.2 Å². The molecule has 0 spiro atoms. The molecule has 4 nitrogen and oxygen atoms in total. The first-order valence-electron chi connectivity index (χ1n) is 5.59. The van der Waals surface area contributed by atoms with Crippen molar-refractivity contribution in [3.63, 3.8) is 0 Å². The molecule has 0 saturated heterocycles. The minimum atomic E-state index is -0.0883. The largest absolute Gasteiger partial charge is 0.491 e. The molecule has 0 aromatic heterocycles. The highest BCUT2D eigenvalue weighted by Gasteiger charge is 2.09. The molecule has 0 atom stereocenters. The summed E-state index contributed by atoms with van der Waals surface area (Å²) >= 11 is 0. The highest BCUT2D eigenvalue weighted by molar-refractivity contribution is 5.98. The second-order valence-electron chi connectivity index (χ2n) is 4.31. The molecular formula is C13H19NO3. The molecule has 1 aromatic rings. The van der Waals surface area contributed by atoms with Gasteiger partial charge in [-0.05, 0) is 24.1 Å². The molecule has 1 aromatic carbocycles. The van der Waals surface area contributed by atoms with Crippen molar-refractivity contribution >= 4 is 11.5 Å². The van der Waals surface area contributed by atoms with Crippen molar-refractivity contribution in [1.29, 1.82) is 0 Å². The van der Waals surface area contributed by atoms with Crippen LogP contribution >= 0.6 is 0 Å². The van der Waals surface area contributed by atoms with E-state index >= 15 is 0 Å². The summed E-state index contributed by atoms with van der Waals surface area (Å²) in [5.41, 5.74) is 6.85. The Morgan fingerprint density at radius 3 is 2.65 bits per heavy atom. The van der Waals surface area contributed by atoms with Crippen LogP contribution in [0.3, 0.4) is 0 Å². The quantitative estimate of drug-likeness (QED) is 0.608. The summed E-state index contributed by atoms with van der Waals surface area (Å²) in [6, 6.07) is 5.05. The summed E-state index contributed by atoms with van der Waals surface area (Å²) in [5.74, 6) is 0.964. The van der Waals surface area contributed by atoms with Gasteiger partial charge in [0, 0.05) is 12.7 Å². The third-order valence-electron chi connectivity index (χ3n) is 2.18. The molecule has 0 aliphatic carbocycles. The molecule has 2 N–H and O–H groups in total. The maximum atomic E-state index is 11.6. The fourth-order valence-electron chi connectivity index (χ4n) is 1.32. The zero-order chi connectivity index (χ0) is 12.8. The number of ether oxygens (including phenoxy) is 2. The lowest BCUT2D eigenvalue weighted by molar-refractivity contribution is 0.0848. The fraction of sp³-hybridized carbons (Fsp3) is 0.462. The van der Waals surface area contributed by atoms with Gasteiger partial charge in [0.15, 0.2) is 5.78 Å². The van der Waals surface area contributed by atoms with Crippen LogP contribution in [0.25, 0.3) is 0 Å². The third-order valence-corrected chi connectivity index (χ3v) is 2.18. The van der Waals surface area contributed by atoms with Crippen LogP contribution in [0, 0.1) is 5.92 Å². The predicted molar refractivity (Wildman–Crippen MR) is 67.4 cm³/mol. The molecule has 0 bridgehead atoms. The highest BCUT2D eigenvalue weighted by atomic mass is 16.5.